The summed E-state index contributed by atoms with van der Waals surface area (Å²) in [4.78, 5) is 21.2. The lowest BCUT2D eigenvalue weighted by Crippen LogP contribution is -2.35. The average molecular weight is 270 g/mol. The molecular weight excluding hydrogens is 254 g/mol. The molecule has 0 fully saturated rings. The normalized spacial score (nSPS) is 9.79. The van der Waals surface area contributed by atoms with Crippen LogP contribution >= 0.6 is 0 Å². The van der Waals surface area contributed by atoms with Gasteiger partial charge in [0, 0.05) is 24.6 Å². The van der Waals surface area contributed by atoms with E-state index in [0.717, 1.165) is 4.73 Å². The van der Waals surface area contributed by atoms with Crippen LogP contribution in [-0.2, 0) is 25.7 Å². The first kappa shape index (κ1) is 14.7. The van der Waals surface area contributed by atoms with E-state index in [1.165, 1.54) is 20.0 Å². The Morgan fingerprint density at radius 3 is 2.42 bits per heavy atom. The second-order valence-corrected chi connectivity index (χ2v) is 3.67. The zero-order chi connectivity index (χ0) is 14.3. The van der Waals surface area contributed by atoms with Gasteiger partial charge in [-0.1, -0.05) is 0 Å². The summed E-state index contributed by atoms with van der Waals surface area (Å²) < 4.78 is 15.5. The lowest BCUT2D eigenvalue weighted by atomic mass is 10.3. The van der Waals surface area contributed by atoms with Gasteiger partial charge < -0.3 is 14.2 Å². The van der Waals surface area contributed by atoms with E-state index >= 15 is 0 Å². The quantitative estimate of drug-likeness (QED) is 0.344. The minimum Gasteiger partial charge on any atom is -0.484 e. The summed E-state index contributed by atoms with van der Waals surface area (Å²) in [6.45, 7) is 2.89. The van der Waals surface area contributed by atoms with Gasteiger partial charge in [-0.15, -0.1) is 0 Å². The van der Waals surface area contributed by atoms with Crippen LogP contribution in [0.25, 0.3) is 0 Å². The number of nitrogens with zero attached hydrogens (tertiary/aromatic N) is 1. The fourth-order valence-corrected chi connectivity index (χ4v) is 1.22. The van der Waals surface area contributed by atoms with Crippen LogP contribution in [0.1, 0.15) is 19.5 Å². The number of pyridine rings is 1. The summed E-state index contributed by atoms with van der Waals surface area (Å²) in [7, 11) is 0. The predicted octanol–water partition coefficient (Wildman–Crippen LogP) is 0.216. The molecule has 1 N–H and O–H groups in total. The van der Waals surface area contributed by atoms with Gasteiger partial charge in [0.25, 0.3) is 11.9 Å². The maximum Gasteiger partial charge on any atom is 0.303 e. The summed E-state index contributed by atoms with van der Waals surface area (Å²) in [5.74, 6) is -0.402. The number of hydrogen-bond acceptors (Lipinski definition) is 6. The number of rotatable bonds is 6. The van der Waals surface area contributed by atoms with Crippen molar-refractivity contribution in [3.05, 3.63) is 24.0 Å². The highest BCUT2D eigenvalue weighted by molar-refractivity contribution is 5.66. The van der Waals surface area contributed by atoms with Gasteiger partial charge in [-0.2, -0.15) is 0 Å². The van der Waals surface area contributed by atoms with Gasteiger partial charge in [0.05, 0.1) is 0 Å². The molecule has 0 spiro atoms. The van der Waals surface area contributed by atoms with E-state index in [0.29, 0.717) is 11.4 Å². The van der Waals surface area contributed by atoms with Crippen LogP contribution < -0.4 is 9.47 Å². The van der Waals surface area contributed by atoms with E-state index in [-0.39, 0.29) is 25.8 Å². The van der Waals surface area contributed by atoms with Gasteiger partial charge in [-0.3, -0.25) is 14.8 Å². The molecule has 0 radical (unpaired) electrons. The summed E-state index contributed by atoms with van der Waals surface area (Å²) in [5, 5.41) is 9.61. The van der Waals surface area contributed by atoms with Crippen LogP contribution in [0, 0.1) is 0 Å². The van der Waals surface area contributed by atoms with E-state index < -0.39 is 5.97 Å². The van der Waals surface area contributed by atoms with Crippen molar-refractivity contribution in [1.82, 2.24) is 0 Å². The van der Waals surface area contributed by atoms with Crippen LogP contribution in [0.15, 0.2) is 18.3 Å². The average Bonchev–Trinajstić information content (AvgIpc) is 2.33. The Kier molecular flexibility index (Phi) is 5.59. The van der Waals surface area contributed by atoms with Crippen molar-refractivity contribution in [2.24, 2.45) is 0 Å². The topological polar surface area (TPSA) is 85.9 Å². The fourth-order valence-electron chi connectivity index (χ4n) is 1.22. The highest BCUT2D eigenvalue weighted by Gasteiger charge is 2.13. The van der Waals surface area contributed by atoms with E-state index in [9.17, 15) is 14.8 Å². The van der Waals surface area contributed by atoms with Gasteiger partial charge in [0.15, 0.2) is 12.4 Å². The standard InChI is InChI=1S/C12H16NO6/c1-9(14)17-5-6-18-12-4-3-11(13(16)7-12)8-19-10(2)15/h3-4,7,16H,5-6,8H2,1-2H3/q+1. The lowest BCUT2D eigenvalue weighted by Gasteiger charge is -2.05. The summed E-state index contributed by atoms with van der Waals surface area (Å²) in [6.07, 6.45) is 1.33. The largest absolute Gasteiger partial charge is 0.484 e. The van der Waals surface area contributed by atoms with Gasteiger partial charge in [0.2, 0.25) is 0 Å². The Balaban J connectivity index is 2.47. The van der Waals surface area contributed by atoms with Crippen LogP contribution in [-0.4, -0.2) is 30.4 Å². The Labute approximate surface area is 110 Å². The first-order valence-corrected chi connectivity index (χ1v) is 5.62. The zero-order valence-electron chi connectivity index (χ0n) is 10.8. The fraction of sp³-hybridized carbons (Fsp3) is 0.417. The van der Waals surface area contributed by atoms with Crippen molar-refractivity contribution < 1.29 is 33.7 Å². The zero-order valence-corrected chi connectivity index (χ0v) is 10.8. The SMILES string of the molecule is CC(=O)OCCOc1ccc(COC(C)=O)[n+](O)c1. The Bertz CT molecular complexity index is 460. The molecule has 0 unspecified atom stereocenters. The van der Waals surface area contributed by atoms with E-state index in [2.05, 4.69) is 0 Å². The number of ether oxygens (including phenoxy) is 3. The van der Waals surface area contributed by atoms with E-state index in [1.54, 1.807) is 12.1 Å². The van der Waals surface area contributed by atoms with E-state index in [4.69, 9.17) is 14.2 Å². The molecular formula is C12H16NO6+. The van der Waals surface area contributed by atoms with Crippen molar-refractivity contribution in [3.8, 4) is 5.75 Å². The molecule has 1 rings (SSSR count). The summed E-state index contributed by atoms with van der Waals surface area (Å²) >= 11 is 0. The van der Waals surface area contributed by atoms with Gasteiger partial charge in [-0.05, 0) is 6.07 Å². The first-order valence-electron chi connectivity index (χ1n) is 5.62. The maximum atomic E-state index is 10.6. The smallest absolute Gasteiger partial charge is 0.303 e. The molecule has 0 saturated carbocycles. The molecule has 104 valence electrons. The van der Waals surface area contributed by atoms with Crippen molar-refractivity contribution in [1.29, 1.82) is 0 Å². The number of esters is 2. The molecule has 0 bridgehead atoms. The van der Waals surface area contributed by atoms with Crippen LogP contribution in [0.2, 0.25) is 0 Å². The molecule has 0 aliphatic carbocycles. The minimum absolute atomic E-state index is 0.0282. The molecule has 0 aliphatic heterocycles. The van der Waals surface area contributed by atoms with Crippen LogP contribution in [0.4, 0.5) is 0 Å². The Morgan fingerprint density at radius 1 is 1.16 bits per heavy atom. The molecule has 0 aromatic carbocycles. The molecule has 7 heteroatoms. The third-order valence-corrected chi connectivity index (χ3v) is 2.06. The summed E-state index contributed by atoms with van der Waals surface area (Å²) in [6, 6.07) is 3.17. The maximum absolute atomic E-state index is 10.6. The number of hydrogen-bond donors (Lipinski definition) is 1. The van der Waals surface area contributed by atoms with Crippen LogP contribution in [0.5, 0.6) is 5.75 Å². The second kappa shape index (κ2) is 7.20. The molecule has 1 heterocycles. The molecule has 7 nitrogen and oxygen atoms in total. The molecule has 1 aromatic heterocycles. The molecule has 0 saturated heterocycles. The van der Waals surface area contributed by atoms with Gasteiger partial charge >= 0.3 is 11.9 Å². The van der Waals surface area contributed by atoms with Gasteiger partial charge in [0.1, 0.15) is 13.2 Å². The third kappa shape index (κ3) is 5.71. The minimum atomic E-state index is -0.429. The van der Waals surface area contributed by atoms with E-state index in [1.807, 2.05) is 0 Å². The molecule has 0 aliphatic rings. The third-order valence-electron chi connectivity index (χ3n) is 2.06. The lowest BCUT2D eigenvalue weighted by molar-refractivity contribution is -0.910. The van der Waals surface area contributed by atoms with Crippen molar-refractivity contribution in [2.75, 3.05) is 13.2 Å². The highest BCUT2D eigenvalue weighted by atomic mass is 16.6. The Morgan fingerprint density at radius 2 is 1.84 bits per heavy atom. The molecule has 0 atom stereocenters. The van der Waals surface area contributed by atoms with Crippen molar-refractivity contribution >= 4 is 11.9 Å². The monoisotopic (exact) mass is 270 g/mol. The molecule has 19 heavy (non-hydrogen) atoms. The predicted molar refractivity (Wildman–Crippen MR) is 61.4 cm³/mol. The Hall–Kier alpha value is -2.31. The molecule has 0 amide bonds. The number of carbonyl (C=O) groups excluding carboxylic acids is 2. The highest BCUT2D eigenvalue weighted by Crippen LogP contribution is 2.08. The number of carbonyl (C=O) groups is 2. The summed E-state index contributed by atoms with van der Waals surface area (Å²) in [5.41, 5.74) is 0.405. The van der Waals surface area contributed by atoms with Gasteiger partial charge in [-0.25, -0.2) is 0 Å². The first-order chi connectivity index (χ1) is 8.99. The second-order valence-electron chi connectivity index (χ2n) is 3.67. The van der Waals surface area contributed by atoms with Crippen molar-refractivity contribution in [2.45, 2.75) is 20.5 Å². The molecule has 1 aromatic rings. The van der Waals surface area contributed by atoms with Crippen LogP contribution in [0.3, 0.4) is 0 Å². The van der Waals surface area contributed by atoms with Crippen molar-refractivity contribution in [3.63, 3.8) is 0 Å². The number of aromatic nitrogens is 1.